The molecule has 1 heterocycles. The number of carbonyl (C=O) groups excluding carboxylic acids is 1. The highest BCUT2D eigenvalue weighted by atomic mass is 16.3. The van der Waals surface area contributed by atoms with Crippen molar-refractivity contribution in [2.75, 3.05) is 0 Å². The molecule has 0 bridgehead atoms. The first kappa shape index (κ1) is 16.3. The lowest BCUT2D eigenvalue weighted by Crippen LogP contribution is -2.11. The fourth-order valence-electron chi connectivity index (χ4n) is 2.06. The average Bonchev–Trinajstić information content (AvgIpc) is 2.56. The van der Waals surface area contributed by atoms with Crippen molar-refractivity contribution in [1.29, 1.82) is 0 Å². The molecule has 0 unspecified atom stereocenters. The van der Waals surface area contributed by atoms with Gasteiger partial charge in [0.1, 0.15) is 11.3 Å². The highest BCUT2D eigenvalue weighted by Gasteiger charge is 2.10. The molecule has 0 aliphatic rings. The van der Waals surface area contributed by atoms with E-state index in [1.807, 2.05) is 12.1 Å². The third kappa shape index (κ3) is 3.97. The number of aromatic nitrogens is 1. The zero-order valence-corrected chi connectivity index (χ0v) is 12.7. The number of aromatic hydroxyl groups is 2. The Morgan fingerprint density at radius 1 is 1.09 bits per heavy atom. The molecule has 5 heteroatoms. The molecule has 3 rings (SSSR count). The molecule has 0 fully saturated rings. The summed E-state index contributed by atoms with van der Waals surface area (Å²) in [6.45, 7) is 2.09. The van der Waals surface area contributed by atoms with E-state index in [2.05, 4.69) is 11.9 Å². The number of phenolic OH excluding ortho intramolecular Hbond substituents is 1. The minimum atomic E-state index is -0.657. The Hall–Kier alpha value is -3.08. The summed E-state index contributed by atoms with van der Waals surface area (Å²) in [5.41, 5.74) is 6.82. The number of hydrogen-bond donors (Lipinski definition) is 3. The SMILES string of the molecule is CCc1ccc(O)cc1.NC(=O)c1ccc2cccnc2c1O. The number of nitrogens with zero attached hydrogens (tertiary/aromatic N) is 1. The van der Waals surface area contributed by atoms with Gasteiger partial charge >= 0.3 is 0 Å². The third-order valence-electron chi connectivity index (χ3n) is 3.36. The van der Waals surface area contributed by atoms with Crippen molar-refractivity contribution in [3.63, 3.8) is 0 Å². The van der Waals surface area contributed by atoms with Crippen molar-refractivity contribution in [3.8, 4) is 11.5 Å². The molecular formula is C18H18N2O3. The summed E-state index contributed by atoms with van der Waals surface area (Å²) in [5, 5.41) is 19.3. The molecule has 5 nitrogen and oxygen atoms in total. The molecule has 0 saturated carbocycles. The highest BCUT2D eigenvalue weighted by Crippen LogP contribution is 2.25. The number of primary amides is 1. The van der Waals surface area contributed by atoms with E-state index in [-0.39, 0.29) is 11.3 Å². The van der Waals surface area contributed by atoms with Gasteiger partial charge in [-0.3, -0.25) is 9.78 Å². The molecule has 0 atom stereocenters. The Morgan fingerprint density at radius 3 is 2.39 bits per heavy atom. The van der Waals surface area contributed by atoms with Crippen LogP contribution < -0.4 is 5.73 Å². The smallest absolute Gasteiger partial charge is 0.252 e. The molecule has 3 aromatic rings. The number of hydrogen-bond acceptors (Lipinski definition) is 4. The highest BCUT2D eigenvalue weighted by molar-refractivity contribution is 6.01. The van der Waals surface area contributed by atoms with Gasteiger partial charge in [0.25, 0.3) is 5.91 Å². The van der Waals surface area contributed by atoms with Crippen LogP contribution in [0.3, 0.4) is 0 Å². The summed E-state index contributed by atoms with van der Waals surface area (Å²) < 4.78 is 0. The summed E-state index contributed by atoms with van der Waals surface area (Å²) in [6.07, 6.45) is 2.58. The van der Waals surface area contributed by atoms with Gasteiger partial charge in [-0.25, -0.2) is 0 Å². The van der Waals surface area contributed by atoms with E-state index in [9.17, 15) is 9.90 Å². The van der Waals surface area contributed by atoms with Gasteiger partial charge in [0.15, 0.2) is 5.75 Å². The van der Waals surface area contributed by atoms with Crippen molar-refractivity contribution in [2.24, 2.45) is 5.73 Å². The maximum Gasteiger partial charge on any atom is 0.252 e. The fraction of sp³-hybridized carbons (Fsp3) is 0.111. The standard InChI is InChI=1S/C10H8N2O2.C8H10O/c11-10(14)7-4-3-6-2-1-5-12-8(6)9(7)13;1-2-7-3-5-8(9)6-4-7/h1-5,13H,(H2,11,14);3-6,9H,2H2,1H3. The quantitative estimate of drug-likeness (QED) is 0.678. The van der Waals surface area contributed by atoms with Gasteiger partial charge in [0.2, 0.25) is 0 Å². The lowest BCUT2D eigenvalue weighted by Gasteiger charge is -2.03. The molecule has 1 aromatic heterocycles. The number of carbonyl (C=O) groups is 1. The molecule has 1 amide bonds. The van der Waals surface area contributed by atoms with Crippen molar-refractivity contribution < 1.29 is 15.0 Å². The van der Waals surface area contributed by atoms with Crippen molar-refractivity contribution in [3.05, 3.63) is 65.9 Å². The number of pyridine rings is 1. The van der Waals surface area contributed by atoms with Crippen molar-refractivity contribution in [1.82, 2.24) is 4.98 Å². The predicted octanol–water partition coefficient (Wildman–Crippen LogP) is 2.99. The van der Waals surface area contributed by atoms with E-state index in [0.29, 0.717) is 11.3 Å². The summed E-state index contributed by atoms with van der Waals surface area (Å²) in [4.78, 5) is 14.9. The van der Waals surface area contributed by atoms with Crippen molar-refractivity contribution >= 4 is 16.8 Å². The Kier molecular flexibility index (Phi) is 5.15. The summed E-state index contributed by atoms with van der Waals surface area (Å²) in [5.74, 6) is -0.474. The van der Waals surface area contributed by atoms with Gasteiger partial charge in [-0.2, -0.15) is 0 Å². The van der Waals surface area contributed by atoms with Gasteiger partial charge < -0.3 is 15.9 Å². The average molecular weight is 310 g/mol. The Balaban J connectivity index is 0.000000185. The van der Waals surface area contributed by atoms with E-state index in [4.69, 9.17) is 10.8 Å². The first-order valence-corrected chi connectivity index (χ1v) is 7.17. The Morgan fingerprint density at radius 2 is 1.78 bits per heavy atom. The van der Waals surface area contributed by atoms with Crippen LogP contribution in [0, 0.1) is 0 Å². The Labute approximate surface area is 134 Å². The topological polar surface area (TPSA) is 96.4 Å². The number of amides is 1. The number of aryl methyl sites for hydroxylation is 1. The normalized spacial score (nSPS) is 9.96. The van der Waals surface area contributed by atoms with Crippen LogP contribution in [-0.2, 0) is 6.42 Å². The third-order valence-corrected chi connectivity index (χ3v) is 3.36. The van der Waals surface area contributed by atoms with Gasteiger partial charge in [-0.05, 0) is 36.2 Å². The molecule has 0 spiro atoms. The molecule has 118 valence electrons. The first-order valence-electron chi connectivity index (χ1n) is 7.17. The molecule has 0 saturated heterocycles. The van der Waals surface area contributed by atoms with Crippen molar-refractivity contribution in [2.45, 2.75) is 13.3 Å². The number of fused-ring (bicyclic) bond motifs is 1. The minimum Gasteiger partial charge on any atom is -0.508 e. The number of benzene rings is 2. The van der Waals surface area contributed by atoms with Crippen LogP contribution in [-0.4, -0.2) is 21.1 Å². The molecule has 2 aromatic carbocycles. The van der Waals surface area contributed by atoms with E-state index in [0.717, 1.165) is 11.8 Å². The second-order valence-electron chi connectivity index (χ2n) is 4.92. The van der Waals surface area contributed by atoms with Crippen LogP contribution in [0.2, 0.25) is 0 Å². The second-order valence-corrected chi connectivity index (χ2v) is 4.92. The maximum absolute atomic E-state index is 10.9. The number of phenols is 2. The zero-order chi connectivity index (χ0) is 16.8. The predicted molar refractivity (Wildman–Crippen MR) is 89.4 cm³/mol. The van der Waals surface area contributed by atoms with Gasteiger partial charge in [0, 0.05) is 11.6 Å². The monoisotopic (exact) mass is 310 g/mol. The van der Waals surface area contributed by atoms with E-state index < -0.39 is 5.91 Å². The molecule has 0 aliphatic carbocycles. The van der Waals surface area contributed by atoms with Gasteiger partial charge in [-0.15, -0.1) is 0 Å². The van der Waals surface area contributed by atoms with Gasteiger partial charge in [-0.1, -0.05) is 31.2 Å². The van der Waals surface area contributed by atoms with E-state index >= 15 is 0 Å². The van der Waals surface area contributed by atoms with Gasteiger partial charge in [0.05, 0.1) is 5.56 Å². The van der Waals surface area contributed by atoms with Crippen LogP contribution in [0.25, 0.3) is 10.9 Å². The maximum atomic E-state index is 10.9. The largest absolute Gasteiger partial charge is 0.508 e. The second kappa shape index (κ2) is 7.26. The Bertz CT molecular complexity index is 814. The zero-order valence-electron chi connectivity index (χ0n) is 12.7. The van der Waals surface area contributed by atoms with Crippen LogP contribution in [0.1, 0.15) is 22.8 Å². The van der Waals surface area contributed by atoms with Crippen LogP contribution in [0.4, 0.5) is 0 Å². The summed E-state index contributed by atoms with van der Waals surface area (Å²) in [7, 11) is 0. The number of rotatable bonds is 2. The summed E-state index contributed by atoms with van der Waals surface area (Å²) in [6, 6.07) is 14.0. The minimum absolute atomic E-state index is 0.0937. The lowest BCUT2D eigenvalue weighted by molar-refractivity contribution is 0.0998. The fourth-order valence-corrected chi connectivity index (χ4v) is 2.06. The lowest BCUT2D eigenvalue weighted by atomic mass is 10.1. The summed E-state index contributed by atoms with van der Waals surface area (Å²) >= 11 is 0. The molecule has 23 heavy (non-hydrogen) atoms. The van der Waals surface area contributed by atoms with Crippen LogP contribution >= 0.6 is 0 Å². The van der Waals surface area contributed by atoms with Crippen LogP contribution in [0.15, 0.2) is 54.7 Å². The van der Waals surface area contributed by atoms with Crippen LogP contribution in [0.5, 0.6) is 11.5 Å². The molecule has 0 aliphatic heterocycles. The number of nitrogens with two attached hydrogens (primary N) is 1. The van der Waals surface area contributed by atoms with E-state index in [1.165, 1.54) is 11.6 Å². The molecular weight excluding hydrogens is 292 g/mol. The molecule has 4 N–H and O–H groups in total. The first-order chi connectivity index (χ1) is 11.0. The van der Waals surface area contributed by atoms with E-state index in [1.54, 1.807) is 36.5 Å². The molecule has 0 radical (unpaired) electrons.